The van der Waals surface area contributed by atoms with Crippen molar-refractivity contribution < 1.29 is 14.7 Å². The van der Waals surface area contributed by atoms with Crippen LogP contribution in [0.4, 0.5) is 0 Å². The fourth-order valence-electron chi connectivity index (χ4n) is 1.47. The third-order valence-corrected chi connectivity index (χ3v) is 2.64. The molecule has 2 N–H and O–H groups in total. The quantitative estimate of drug-likeness (QED) is 0.873. The molecule has 92 valence electrons. The van der Waals surface area contributed by atoms with E-state index in [9.17, 15) is 9.59 Å². The van der Waals surface area contributed by atoms with Crippen molar-refractivity contribution in [1.82, 2.24) is 5.32 Å². The second kappa shape index (κ2) is 6.39. The molecule has 4 nitrogen and oxygen atoms in total. The SMILES string of the molecule is CC(CC(=O)O)NC(=O)Cc1cccc(Br)c1. The standard InChI is InChI=1S/C12H14BrNO3/c1-8(5-12(16)17)14-11(15)7-9-3-2-4-10(13)6-9/h2-4,6,8H,5,7H2,1H3,(H,14,15)(H,16,17). The van der Waals surface area contributed by atoms with E-state index in [0.717, 1.165) is 10.0 Å². The number of benzene rings is 1. The lowest BCUT2D eigenvalue weighted by molar-refractivity contribution is -0.137. The maximum atomic E-state index is 11.6. The molecule has 0 saturated carbocycles. The van der Waals surface area contributed by atoms with Crippen LogP contribution in [0.2, 0.25) is 0 Å². The van der Waals surface area contributed by atoms with Crippen LogP contribution in [0.5, 0.6) is 0 Å². The van der Waals surface area contributed by atoms with Gasteiger partial charge in [-0.05, 0) is 24.6 Å². The summed E-state index contributed by atoms with van der Waals surface area (Å²) in [4.78, 5) is 22.0. The minimum Gasteiger partial charge on any atom is -0.481 e. The highest BCUT2D eigenvalue weighted by Gasteiger charge is 2.11. The van der Waals surface area contributed by atoms with E-state index in [2.05, 4.69) is 21.2 Å². The highest BCUT2D eigenvalue weighted by atomic mass is 79.9. The molecule has 1 rings (SSSR count). The van der Waals surface area contributed by atoms with E-state index in [-0.39, 0.29) is 24.8 Å². The molecule has 0 aromatic heterocycles. The fourth-order valence-corrected chi connectivity index (χ4v) is 1.92. The van der Waals surface area contributed by atoms with Crippen LogP contribution in [0.3, 0.4) is 0 Å². The Morgan fingerprint density at radius 3 is 2.76 bits per heavy atom. The lowest BCUT2D eigenvalue weighted by Gasteiger charge is -2.11. The summed E-state index contributed by atoms with van der Waals surface area (Å²) < 4.78 is 0.918. The Morgan fingerprint density at radius 1 is 1.47 bits per heavy atom. The highest BCUT2D eigenvalue weighted by molar-refractivity contribution is 9.10. The van der Waals surface area contributed by atoms with Gasteiger partial charge in [0, 0.05) is 10.5 Å². The van der Waals surface area contributed by atoms with E-state index >= 15 is 0 Å². The van der Waals surface area contributed by atoms with Gasteiger partial charge in [0.2, 0.25) is 5.91 Å². The van der Waals surface area contributed by atoms with Gasteiger partial charge in [-0.2, -0.15) is 0 Å². The first-order chi connectivity index (χ1) is 7.97. The Labute approximate surface area is 108 Å². The molecule has 5 heteroatoms. The largest absolute Gasteiger partial charge is 0.481 e. The van der Waals surface area contributed by atoms with Gasteiger partial charge in [-0.15, -0.1) is 0 Å². The molecule has 17 heavy (non-hydrogen) atoms. The Morgan fingerprint density at radius 2 is 2.18 bits per heavy atom. The van der Waals surface area contributed by atoms with Crippen molar-refractivity contribution in [2.45, 2.75) is 25.8 Å². The molecule has 1 aromatic rings. The number of rotatable bonds is 5. The number of hydrogen-bond donors (Lipinski definition) is 2. The van der Waals surface area contributed by atoms with Crippen LogP contribution >= 0.6 is 15.9 Å². The molecule has 0 heterocycles. The molecular formula is C12H14BrNO3. The molecule has 0 aliphatic rings. The van der Waals surface area contributed by atoms with Gasteiger partial charge >= 0.3 is 5.97 Å². The number of carbonyl (C=O) groups excluding carboxylic acids is 1. The zero-order chi connectivity index (χ0) is 12.8. The summed E-state index contributed by atoms with van der Waals surface area (Å²) in [7, 11) is 0. The molecule has 0 bridgehead atoms. The number of aliphatic carboxylic acids is 1. The molecule has 0 aliphatic heterocycles. The van der Waals surface area contributed by atoms with Crippen LogP contribution in [0.1, 0.15) is 18.9 Å². The maximum absolute atomic E-state index is 11.6. The summed E-state index contributed by atoms with van der Waals surface area (Å²) in [6.07, 6.45) is 0.188. The van der Waals surface area contributed by atoms with E-state index < -0.39 is 5.97 Å². The summed E-state index contributed by atoms with van der Waals surface area (Å²) in [6.45, 7) is 1.67. The lowest BCUT2D eigenvalue weighted by atomic mass is 10.1. The predicted molar refractivity (Wildman–Crippen MR) is 67.7 cm³/mol. The van der Waals surface area contributed by atoms with Gasteiger partial charge < -0.3 is 10.4 Å². The molecule has 0 saturated heterocycles. The molecule has 1 aromatic carbocycles. The molecule has 0 spiro atoms. The van der Waals surface area contributed by atoms with Crippen molar-refractivity contribution in [2.24, 2.45) is 0 Å². The molecule has 0 fully saturated rings. The zero-order valence-electron chi connectivity index (χ0n) is 9.44. The number of nitrogens with one attached hydrogen (secondary N) is 1. The van der Waals surface area contributed by atoms with Crippen LogP contribution in [0.15, 0.2) is 28.7 Å². The number of halogens is 1. The van der Waals surface area contributed by atoms with Crippen LogP contribution in [0.25, 0.3) is 0 Å². The smallest absolute Gasteiger partial charge is 0.305 e. The van der Waals surface area contributed by atoms with Crippen LogP contribution in [-0.2, 0) is 16.0 Å². The minimum absolute atomic E-state index is 0.0653. The van der Waals surface area contributed by atoms with Crippen LogP contribution in [-0.4, -0.2) is 23.0 Å². The summed E-state index contributed by atoms with van der Waals surface area (Å²) in [5.41, 5.74) is 0.888. The van der Waals surface area contributed by atoms with E-state index in [0.29, 0.717) is 0 Å². The third-order valence-electron chi connectivity index (χ3n) is 2.14. The Kier molecular flexibility index (Phi) is 5.15. The Balaban J connectivity index is 2.47. The second-order valence-electron chi connectivity index (χ2n) is 3.87. The normalized spacial score (nSPS) is 11.9. The highest BCUT2D eigenvalue weighted by Crippen LogP contribution is 2.12. The monoisotopic (exact) mass is 299 g/mol. The van der Waals surface area contributed by atoms with E-state index in [1.54, 1.807) is 6.92 Å². The predicted octanol–water partition coefficient (Wildman–Crippen LogP) is 1.97. The number of carboxylic acids is 1. The van der Waals surface area contributed by atoms with E-state index in [1.807, 2.05) is 24.3 Å². The van der Waals surface area contributed by atoms with Gasteiger partial charge in [0.25, 0.3) is 0 Å². The van der Waals surface area contributed by atoms with Crippen molar-refractivity contribution in [2.75, 3.05) is 0 Å². The average molecular weight is 300 g/mol. The minimum atomic E-state index is -0.916. The molecule has 1 unspecified atom stereocenters. The van der Waals surface area contributed by atoms with Gasteiger partial charge in [-0.1, -0.05) is 28.1 Å². The zero-order valence-corrected chi connectivity index (χ0v) is 11.0. The van der Waals surface area contributed by atoms with Gasteiger partial charge in [0.1, 0.15) is 0 Å². The van der Waals surface area contributed by atoms with Crippen LogP contribution in [0, 0.1) is 0 Å². The van der Waals surface area contributed by atoms with Crippen molar-refractivity contribution in [1.29, 1.82) is 0 Å². The number of carbonyl (C=O) groups is 2. The third kappa shape index (κ3) is 5.49. The first-order valence-corrected chi connectivity index (χ1v) is 6.02. The molecular weight excluding hydrogens is 286 g/mol. The lowest BCUT2D eigenvalue weighted by Crippen LogP contribution is -2.35. The fraction of sp³-hybridized carbons (Fsp3) is 0.333. The van der Waals surface area contributed by atoms with Crippen LogP contribution < -0.4 is 5.32 Å². The number of amides is 1. The first kappa shape index (κ1) is 13.7. The Bertz CT molecular complexity index is 420. The summed E-state index contributed by atoms with van der Waals surface area (Å²) in [6, 6.07) is 7.10. The topological polar surface area (TPSA) is 66.4 Å². The van der Waals surface area contributed by atoms with Crippen molar-refractivity contribution in [3.63, 3.8) is 0 Å². The van der Waals surface area contributed by atoms with Gasteiger partial charge in [-0.3, -0.25) is 9.59 Å². The Hall–Kier alpha value is -1.36. The average Bonchev–Trinajstić information content (AvgIpc) is 2.14. The second-order valence-corrected chi connectivity index (χ2v) is 4.79. The van der Waals surface area contributed by atoms with Gasteiger partial charge in [0.05, 0.1) is 12.8 Å². The van der Waals surface area contributed by atoms with E-state index in [1.165, 1.54) is 0 Å². The summed E-state index contributed by atoms with van der Waals surface area (Å²) in [5, 5.41) is 11.2. The number of hydrogen-bond acceptors (Lipinski definition) is 2. The molecule has 0 radical (unpaired) electrons. The van der Waals surface area contributed by atoms with E-state index in [4.69, 9.17) is 5.11 Å². The molecule has 0 aliphatic carbocycles. The van der Waals surface area contributed by atoms with Crippen molar-refractivity contribution in [3.05, 3.63) is 34.3 Å². The summed E-state index contributed by atoms with van der Waals surface area (Å²) >= 11 is 3.33. The molecule has 1 amide bonds. The number of carboxylic acid groups (broad SMARTS) is 1. The molecule has 1 atom stereocenters. The first-order valence-electron chi connectivity index (χ1n) is 5.23. The summed E-state index contributed by atoms with van der Waals surface area (Å²) in [5.74, 6) is -1.09. The van der Waals surface area contributed by atoms with Gasteiger partial charge in [-0.25, -0.2) is 0 Å². The van der Waals surface area contributed by atoms with Crippen molar-refractivity contribution in [3.8, 4) is 0 Å². The maximum Gasteiger partial charge on any atom is 0.305 e. The van der Waals surface area contributed by atoms with Gasteiger partial charge in [0.15, 0.2) is 0 Å². The van der Waals surface area contributed by atoms with Crippen molar-refractivity contribution >= 4 is 27.8 Å².